The summed E-state index contributed by atoms with van der Waals surface area (Å²) in [5.41, 5.74) is 0.604. The lowest BCUT2D eigenvalue weighted by molar-refractivity contribution is -0.134. The van der Waals surface area contributed by atoms with Gasteiger partial charge in [0.1, 0.15) is 24.7 Å². The fraction of sp³-hybridized carbons (Fsp3) is 0.467. The number of halogens is 1. The third kappa shape index (κ3) is 3.13. The fourth-order valence-corrected chi connectivity index (χ4v) is 2.78. The number of carbonyl (C=O) groups is 2. The first-order chi connectivity index (χ1) is 10.5. The number of hydrogen-bond acceptors (Lipinski definition) is 3. The van der Waals surface area contributed by atoms with E-state index in [2.05, 4.69) is 5.32 Å². The number of carbonyl (C=O) groups excluding carboxylic acids is 1. The summed E-state index contributed by atoms with van der Waals surface area (Å²) in [5, 5.41) is 10.7. The third-order valence-corrected chi connectivity index (χ3v) is 4.05. The SMILES string of the molecule is O=C(O)NCC(=O)N1Cc2cc(F)ccc2OC[C@H]1C1CC1. The van der Waals surface area contributed by atoms with E-state index in [1.165, 1.54) is 12.1 Å². The van der Waals surface area contributed by atoms with Crippen LogP contribution in [0.25, 0.3) is 0 Å². The monoisotopic (exact) mass is 308 g/mol. The molecule has 0 bridgehead atoms. The maximum absolute atomic E-state index is 13.4. The lowest BCUT2D eigenvalue weighted by atomic mass is 10.1. The van der Waals surface area contributed by atoms with Gasteiger partial charge in [0.05, 0.1) is 6.04 Å². The Hall–Kier alpha value is -2.31. The highest BCUT2D eigenvalue weighted by Gasteiger charge is 2.39. The van der Waals surface area contributed by atoms with E-state index in [-0.39, 0.29) is 30.9 Å². The van der Waals surface area contributed by atoms with Gasteiger partial charge in [-0.05, 0) is 37.0 Å². The Balaban J connectivity index is 1.82. The molecule has 0 saturated heterocycles. The van der Waals surface area contributed by atoms with Crippen LogP contribution in [0, 0.1) is 11.7 Å². The summed E-state index contributed by atoms with van der Waals surface area (Å²) in [6.07, 6.45) is 0.804. The molecule has 3 rings (SSSR count). The van der Waals surface area contributed by atoms with Crippen LogP contribution in [0.15, 0.2) is 18.2 Å². The summed E-state index contributed by atoms with van der Waals surface area (Å²) in [7, 11) is 0. The van der Waals surface area contributed by atoms with Gasteiger partial charge >= 0.3 is 6.09 Å². The number of amides is 2. The molecule has 1 aliphatic heterocycles. The molecule has 22 heavy (non-hydrogen) atoms. The smallest absolute Gasteiger partial charge is 0.405 e. The highest BCUT2D eigenvalue weighted by atomic mass is 19.1. The van der Waals surface area contributed by atoms with E-state index >= 15 is 0 Å². The number of ether oxygens (including phenoxy) is 1. The van der Waals surface area contributed by atoms with Crippen molar-refractivity contribution in [3.8, 4) is 5.75 Å². The average molecular weight is 308 g/mol. The van der Waals surface area contributed by atoms with Gasteiger partial charge in [-0.1, -0.05) is 0 Å². The van der Waals surface area contributed by atoms with Gasteiger partial charge in [-0.25, -0.2) is 9.18 Å². The van der Waals surface area contributed by atoms with E-state index in [1.54, 1.807) is 11.0 Å². The van der Waals surface area contributed by atoms with Crippen molar-refractivity contribution >= 4 is 12.0 Å². The summed E-state index contributed by atoms with van der Waals surface area (Å²) >= 11 is 0. The number of fused-ring (bicyclic) bond motifs is 1. The molecule has 0 radical (unpaired) electrons. The molecule has 0 unspecified atom stereocenters. The van der Waals surface area contributed by atoms with Gasteiger partial charge in [-0.15, -0.1) is 0 Å². The molecule has 1 heterocycles. The van der Waals surface area contributed by atoms with Crippen molar-refractivity contribution in [3.63, 3.8) is 0 Å². The first kappa shape index (κ1) is 14.6. The number of nitrogens with zero attached hydrogens (tertiary/aromatic N) is 1. The largest absolute Gasteiger partial charge is 0.491 e. The molecule has 1 aliphatic carbocycles. The summed E-state index contributed by atoms with van der Waals surface area (Å²) in [6.45, 7) is 0.291. The van der Waals surface area contributed by atoms with Crippen LogP contribution in [-0.2, 0) is 11.3 Å². The second-order valence-corrected chi connectivity index (χ2v) is 5.65. The van der Waals surface area contributed by atoms with Crippen LogP contribution in [0.2, 0.25) is 0 Å². The van der Waals surface area contributed by atoms with Crippen molar-refractivity contribution in [2.24, 2.45) is 5.92 Å². The molecule has 0 spiro atoms. The Morgan fingerprint density at radius 2 is 2.18 bits per heavy atom. The second kappa shape index (κ2) is 5.82. The third-order valence-electron chi connectivity index (χ3n) is 4.05. The first-order valence-electron chi connectivity index (χ1n) is 7.22. The normalized spacial score (nSPS) is 20.6. The molecular formula is C15H17FN2O4. The Morgan fingerprint density at radius 3 is 2.86 bits per heavy atom. The minimum absolute atomic E-state index is 0.0986. The Kier molecular flexibility index (Phi) is 3.87. The number of rotatable bonds is 3. The zero-order valence-corrected chi connectivity index (χ0v) is 11.9. The molecule has 0 aromatic heterocycles. The lowest BCUT2D eigenvalue weighted by Crippen LogP contribution is -2.47. The molecule has 7 heteroatoms. The maximum atomic E-state index is 13.4. The van der Waals surface area contributed by atoms with Crippen LogP contribution in [0.3, 0.4) is 0 Å². The molecular weight excluding hydrogens is 291 g/mol. The fourth-order valence-electron chi connectivity index (χ4n) is 2.78. The quantitative estimate of drug-likeness (QED) is 0.889. The standard InChI is InChI=1S/C15H17FN2O4/c16-11-3-4-13-10(5-11)7-18(14(19)6-17-15(20)21)12(8-22-13)9-1-2-9/h3-5,9,12,17H,1-2,6-8H2,(H,20,21)/t12-/m0/s1. The predicted molar refractivity (Wildman–Crippen MR) is 75.0 cm³/mol. The van der Waals surface area contributed by atoms with Crippen molar-refractivity contribution in [2.75, 3.05) is 13.2 Å². The van der Waals surface area contributed by atoms with Crippen molar-refractivity contribution in [2.45, 2.75) is 25.4 Å². The number of nitrogens with one attached hydrogen (secondary N) is 1. The highest BCUT2D eigenvalue weighted by Crippen LogP contribution is 2.38. The van der Waals surface area contributed by atoms with E-state index < -0.39 is 6.09 Å². The molecule has 2 N–H and O–H groups in total. The van der Waals surface area contributed by atoms with Crippen LogP contribution in [-0.4, -0.2) is 41.2 Å². The van der Waals surface area contributed by atoms with Gasteiger partial charge in [-0.2, -0.15) is 0 Å². The summed E-state index contributed by atoms with van der Waals surface area (Å²) in [5.74, 6) is 0.241. The van der Waals surface area contributed by atoms with E-state index in [0.29, 0.717) is 23.8 Å². The minimum atomic E-state index is -1.24. The molecule has 6 nitrogen and oxygen atoms in total. The number of benzene rings is 1. The topological polar surface area (TPSA) is 78.9 Å². The molecule has 2 aliphatic rings. The number of carboxylic acid groups (broad SMARTS) is 1. The number of hydrogen-bond donors (Lipinski definition) is 2. The molecule has 118 valence electrons. The zero-order valence-electron chi connectivity index (χ0n) is 11.9. The maximum Gasteiger partial charge on any atom is 0.405 e. The predicted octanol–water partition coefficient (Wildman–Crippen LogP) is 1.59. The van der Waals surface area contributed by atoms with Crippen LogP contribution in [0.1, 0.15) is 18.4 Å². The van der Waals surface area contributed by atoms with Crippen LogP contribution in [0.4, 0.5) is 9.18 Å². The molecule has 2 amide bonds. The Labute approximate surface area is 126 Å². The van der Waals surface area contributed by atoms with Crippen molar-refractivity contribution in [1.82, 2.24) is 10.2 Å². The van der Waals surface area contributed by atoms with Gasteiger partial charge in [0.2, 0.25) is 5.91 Å². The van der Waals surface area contributed by atoms with Gasteiger partial charge in [0.15, 0.2) is 0 Å². The van der Waals surface area contributed by atoms with Crippen LogP contribution < -0.4 is 10.1 Å². The van der Waals surface area contributed by atoms with E-state index in [0.717, 1.165) is 12.8 Å². The molecule has 1 fully saturated rings. The molecule has 1 atom stereocenters. The first-order valence-corrected chi connectivity index (χ1v) is 7.22. The van der Waals surface area contributed by atoms with Gasteiger partial charge < -0.3 is 20.1 Å². The van der Waals surface area contributed by atoms with Gasteiger partial charge in [-0.3, -0.25) is 4.79 Å². The van der Waals surface area contributed by atoms with Crippen molar-refractivity contribution < 1.29 is 23.8 Å². The molecule has 1 aromatic carbocycles. The lowest BCUT2D eigenvalue weighted by Gasteiger charge is -2.29. The summed E-state index contributed by atoms with van der Waals surface area (Å²) in [6, 6.07) is 4.15. The van der Waals surface area contributed by atoms with E-state index in [4.69, 9.17) is 9.84 Å². The van der Waals surface area contributed by atoms with Gasteiger partial charge in [0.25, 0.3) is 0 Å². The molecule has 1 aromatic rings. The highest BCUT2D eigenvalue weighted by molar-refractivity contribution is 5.82. The van der Waals surface area contributed by atoms with Crippen molar-refractivity contribution in [1.29, 1.82) is 0 Å². The minimum Gasteiger partial charge on any atom is -0.491 e. The summed E-state index contributed by atoms with van der Waals surface area (Å²) in [4.78, 5) is 24.5. The zero-order chi connectivity index (χ0) is 15.7. The average Bonchev–Trinajstić information content (AvgIpc) is 3.29. The van der Waals surface area contributed by atoms with E-state index in [9.17, 15) is 14.0 Å². The Bertz CT molecular complexity index is 603. The van der Waals surface area contributed by atoms with E-state index in [1.807, 2.05) is 0 Å². The van der Waals surface area contributed by atoms with Crippen LogP contribution >= 0.6 is 0 Å². The second-order valence-electron chi connectivity index (χ2n) is 5.65. The van der Waals surface area contributed by atoms with Crippen LogP contribution in [0.5, 0.6) is 5.75 Å². The van der Waals surface area contributed by atoms with Crippen molar-refractivity contribution in [3.05, 3.63) is 29.6 Å². The molecule has 1 saturated carbocycles. The van der Waals surface area contributed by atoms with Gasteiger partial charge in [0, 0.05) is 12.1 Å². The summed E-state index contributed by atoms with van der Waals surface area (Å²) < 4.78 is 19.2. The Morgan fingerprint density at radius 1 is 1.41 bits per heavy atom.